The second kappa shape index (κ2) is 7.35. The van der Waals surface area contributed by atoms with Crippen molar-refractivity contribution in [2.75, 3.05) is 32.1 Å². The molecule has 0 aliphatic heterocycles. The summed E-state index contributed by atoms with van der Waals surface area (Å²) in [5, 5.41) is 2.58. The Balaban J connectivity index is 4.00. The Labute approximate surface area is 111 Å². The highest BCUT2D eigenvalue weighted by atomic mass is 32.2. The van der Waals surface area contributed by atoms with Gasteiger partial charge in [-0.3, -0.25) is 9.00 Å². The summed E-state index contributed by atoms with van der Waals surface area (Å²) < 4.78 is 15.9. The van der Waals surface area contributed by atoms with E-state index < -0.39 is 22.5 Å². The Hall–Kier alpha value is -1.11. The summed E-state index contributed by atoms with van der Waals surface area (Å²) in [6.45, 7) is 5.54. The minimum atomic E-state index is -0.937. The first kappa shape index (κ1) is 16.9. The lowest BCUT2D eigenvalue weighted by molar-refractivity contribution is -0.121. The van der Waals surface area contributed by atoms with Crippen LogP contribution in [-0.2, 0) is 20.3 Å². The van der Waals surface area contributed by atoms with Gasteiger partial charge in [-0.2, -0.15) is 0 Å². The van der Waals surface area contributed by atoms with Crippen LogP contribution in [0.3, 0.4) is 0 Å². The van der Waals surface area contributed by atoms with Crippen molar-refractivity contribution in [1.82, 2.24) is 10.2 Å². The van der Waals surface area contributed by atoms with Gasteiger partial charge in [0.15, 0.2) is 0 Å². The van der Waals surface area contributed by atoms with E-state index in [9.17, 15) is 13.8 Å². The van der Waals surface area contributed by atoms with Crippen LogP contribution in [0.1, 0.15) is 20.8 Å². The van der Waals surface area contributed by atoms with Gasteiger partial charge < -0.3 is 15.0 Å². The van der Waals surface area contributed by atoms with Crippen LogP contribution in [0, 0.1) is 0 Å². The zero-order valence-corrected chi connectivity index (χ0v) is 12.4. The van der Waals surface area contributed by atoms with Crippen molar-refractivity contribution in [3.05, 3.63) is 0 Å². The fourth-order valence-corrected chi connectivity index (χ4v) is 1.40. The maximum absolute atomic E-state index is 11.6. The molecule has 0 fully saturated rings. The van der Waals surface area contributed by atoms with Crippen LogP contribution < -0.4 is 5.32 Å². The summed E-state index contributed by atoms with van der Waals surface area (Å²) in [5.74, 6) is 0.107. The van der Waals surface area contributed by atoms with E-state index in [0.29, 0.717) is 12.3 Å². The summed E-state index contributed by atoms with van der Waals surface area (Å²) in [4.78, 5) is 24.2. The van der Waals surface area contributed by atoms with Gasteiger partial charge in [-0.05, 0) is 20.8 Å². The molecule has 18 heavy (non-hydrogen) atoms. The first-order chi connectivity index (χ1) is 8.11. The van der Waals surface area contributed by atoms with Crippen molar-refractivity contribution in [3.8, 4) is 0 Å². The number of ether oxygens (including phenoxy) is 1. The Morgan fingerprint density at radius 1 is 1.33 bits per heavy atom. The molecular weight excluding hydrogens is 256 g/mol. The molecule has 0 saturated carbocycles. The third kappa shape index (κ3) is 8.98. The summed E-state index contributed by atoms with van der Waals surface area (Å²) in [6, 6.07) is 0. The van der Waals surface area contributed by atoms with Gasteiger partial charge in [0.1, 0.15) is 12.1 Å². The highest BCUT2D eigenvalue weighted by molar-refractivity contribution is 7.84. The zero-order valence-electron chi connectivity index (χ0n) is 11.6. The molecule has 0 aliphatic carbocycles. The molecule has 0 bridgehead atoms. The zero-order chi connectivity index (χ0) is 14.3. The number of amides is 2. The molecule has 6 nitrogen and oxygen atoms in total. The molecule has 0 saturated heterocycles. The fourth-order valence-electron chi connectivity index (χ4n) is 1.01. The molecule has 0 rings (SSSR count). The number of rotatable bonds is 5. The number of nitrogens with zero attached hydrogens (tertiary/aromatic N) is 1. The highest BCUT2D eigenvalue weighted by Gasteiger charge is 2.20. The molecule has 0 spiro atoms. The quantitative estimate of drug-likeness (QED) is 0.787. The van der Waals surface area contributed by atoms with E-state index in [4.69, 9.17) is 4.74 Å². The first-order valence-corrected chi connectivity index (χ1v) is 7.35. The normalized spacial score (nSPS) is 12.7. The van der Waals surface area contributed by atoms with Gasteiger partial charge in [-0.15, -0.1) is 0 Å². The molecule has 1 unspecified atom stereocenters. The van der Waals surface area contributed by atoms with Gasteiger partial charge in [-0.1, -0.05) is 0 Å². The molecule has 0 aromatic heterocycles. The topological polar surface area (TPSA) is 75.7 Å². The van der Waals surface area contributed by atoms with Gasteiger partial charge in [0.05, 0.1) is 0 Å². The van der Waals surface area contributed by atoms with Gasteiger partial charge in [0.25, 0.3) is 0 Å². The molecule has 0 aromatic rings. The summed E-state index contributed by atoms with van der Waals surface area (Å²) in [7, 11) is 0.555. The molecule has 106 valence electrons. The molecule has 0 heterocycles. The third-order valence-electron chi connectivity index (χ3n) is 1.80. The first-order valence-electron chi connectivity index (χ1n) is 5.62. The molecule has 0 radical (unpaired) electrons. The predicted octanol–water partition coefficient (Wildman–Crippen LogP) is 0.348. The van der Waals surface area contributed by atoms with Crippen molar-refractivity contribution < 1.29 is 18.5 Å². The van der Waals surface area contributed by atoms with Crippen LogP contribution in [0.4, 0.5) is 4.79 Å². The maximum Gasteiger partial charge on any atom is 0.410 e. The van der Waals surface area contributed by atoms with E-state index in [1.165, 1.54) is 11.9 Å². The monoisotopic (exact) mass is 278 g/mol. The molecule has 2 amide bonds. The SMILES string of the molecule is CN(CC(=O)NCCS(C)=O)C(=O)OC(C)(C)C. The molecule has 7 heteroatoms. The lowest BCUT2D eigenvalue weighted by atomic mass is 10.2. The van der Waals surface area contributed by atoms with Gasteiger partial charge in [0, 0.05) is 36.4 Å². The summed E-state index contributed by atoms with van der Waals surface area (Å²) in [5.41, 5.74) is -0.582. The highest BCUT2D eigenvalue weighted by Crippen LogP contribution is 2.08. The Morgan fingerprint density at radius 2 is 1.89 bits per heavy atom. The van der Waals surface area contributed by atoms with Gasteiger partial charge in [-0.25, -0.2) is 4.79 Å². The Kier molecular flexibility index (Phi) is 6.90. The number of hydrogen-bond donors (Lipinski definition) is 1. The fraction of sp³-hybridized carbons (Fsp3) is 0.818. The van der Waals surface area contributed by atoms with E-state index in [2.05, 4.69) is 5.32 Å². The number of carbonyl (C=O) groups excluding carboxylic acids is 2. The van der Waals surface area contributed by atoms with Crippen molar-refractivity contribution >= 4 is 22.8 Å². The smallest absolute Gasteiger partial charge is 0.410 e. The average Bonchev–Trinajstić information content (AvgIpc) is 2.13. The minimum Gasteiger partial charge on any atom is -0.444 e. The van der Waals surface area contributed by atoms with Crippen LogP contribution >= 0.6 is 0 Å². The Bertz CT molecular complexity index is 325. The third-order valence-corrected chi connectivity index (χ3v) is 2.58. The predicted molar refractivity (Wildman–Crippen MR) is 70.8 cm³/mol. The Morgan fingerprint density at radius 3 is 2.33 bits per heavy atom. The standard InChI is InChI=1S/C11H22N2O4S/c1-11(2,3)17-10(15)13(4)8-9(14)12-6-7-18(5)16/h6-8H2,1-5H3,(H,12,14). The van der Waals surface area contributed by atoms with Crippen LogP contribution in [0.5, 0.6) is 0 Å². The summed E-state index contributed by atoms with van der Waals surface area (Å²) in [6.07, 6.45) is 1.02. The van der Waals surface area contributed by atoms with Crippen LogP contribution in [0.15, 0.2) is 0 Å². The largest absolute Gasteiger partial charge is 0.444 e. The number of carbonyl (C=O) groups is 2. The lowest BCUT2D eigenvalue weighted by Crippen LogP contribution is -2.41. The van der Waals surface area contributed by atoms with E-state index in [0.717, 1.165) is 0 Å². The molecular formula is C11H22N2O4S. The number of likely N-dealkylation sites (N-methyl/N-ethyl adjacent to an activating group) is 1. The maximum atomic E-state index is 11.6. The van der Waals surface area contributed by atoms with Crippen LogP contribution in [0.2, 0.25) is 0 Å². The second-order valence-electron chi connectivity index (χ2n) is 4.96. The number of hydrogen-bond acceptors (Lipinski definition) is 4. The van der Waals surface area contributed by atoms with E-state index in [1.54, 1.807) is 27.0 Å². The molecule has 0 aromatic carbocycles. The van der Waals surface area contributed by atoms with E-state index in [-0.39, 0.29) is 12.5 Å². The molecule has 1 N–H and O–H groups in total. The average molecular weight is 278 g/mol. The van der Waals surface area contributed by atoms with Crippen molar-refractivity contribution in [3.63, 3.8) is 0 Å². The van der Waals surface area contributed by atoms with Crippen molar-refractivity contribution in [2.45, 2.75) is 26.4 Å². The lowest BCUT2D eigenvalue weighted by Gasteiger charge is -2.24. The van der Waals surface area contributed by atoms with E-state index in [1.807, 2.05) is 0 Å². The van der Waals surface area contributed by atoms with Gasteiger partial charge >= 0.3 is 6.09 Å². The molecule has 1 atom stereocenters. The minimum absolute atomic E-state index is 0.0781. The van der Waals surface area contributed by atoms with Gasteiger partial charge in [0.2, 0.25) is 5.91 Å². The number of nitrogens with one attached hydrogen (secondary N) is 1. The van der Waals surface area contributed by atoms with Crippen molar-refractivity contribution in [2.24, 2.45) is 0 Å². The summed E-state index contributed by atoms with van der Waals surface area (Å²) >= 11 is 0. The molecule has 0 aliphatic rings. The van der Waals surface area contributed by atoms with Crippen LogP contribution in [-0.4, -0.2) is 58.9 Å². The second-order valence-corrected chi connectivity index (χ2v) is 6.52. The van der Waals surface area contributed by atoms with Crippen molar-refractivity contribution in [1.29, 1.82) is 0 Å². The van der Waals surface area contributed by atoms with E-state index >= 15 is 0 Å². The van der Waals surface area contributed by atoms with Crippen LogP contribution in [0.25, 0.3) is 0 Å².